The third-order valence-electron chi connectivity index (χ3n) is 6.19. The van der Waals surface area contributed by atoms with Gasteiger partial charge in [0.1, 0.15) is 5.82 Å². The van der Waals surface area contributed by atoms with Gasteiger partial charge in [0.05, 0.1) is 49.8 Å². The highest BCUT2D eigenvalue weighted by atomic mass is 19.1. The van der Waals surface area contributed by atoms with Gasteiger partial charge in [-0.25, -0.2) is 19.3 Å². The summed E-state index contributed by atoms with van der Waals surface area (Å²) in [6, 6.07) is 7.93. The quantitative estimate of drug-likeness (QED) is 0.388. The number of aliphatic hydroxyl groups is 1. The lowest BCUT2D eigenvalue weighted by Crippen LogP contribution is -2.39. The molecule has 190 valence electrons. The summed E-state index contributed by atoms with van der Waals surface area (Å²) in [6.07, 6.45) is 3.80. The third-order valence-corrected chi connectivity index (χ3v) is 6.19. The van der Waals surface area contributed by atoms with Crippen LogP contribution < -0.4 is 5.32 Å². The van der Waals surface area contributed by atoms with E-state index in [1.165, 1.54) is 12.1 Å². The fraction of sp³-hybridized carbons (Fsp3) is 0.440. The summed E-state index contributed by atoms with van der Waals surface area (Å²) in [7, 11) is 0. The Labute approximate surface area is 208 Å². The van der Waals surface area contributed by atoms with Gasteiger partial charge in [-0.2, -0.15) is 0 Å². The van der Waals surface area contributed by atoms with E-state index in [1.807, 2.05) is 13.3 Å². The molecule has 0 atom stereocenters. The van der Waals surface area contributed by atoms with Crippen LogP contribution in [-0.4, -0.2) is 82.3 Å². The van der Waals surface area contributed by atoms with Crippen molar-refractivity contribution < 1.29 is 19.0 Å². The van der Waals surface area contributed by atoms with E-state index in [1.54, 1.807) is 24.4 Å². The van der Waals surface area contributed by atoms with Crippen molar-refractivity contribution in [3.63, 3.8) is 0 Å². The van der Waals surface area contributed by atoms with Crippen LogP contribution >= 0.6 is 0 Å². The highest BCUT2D eigenvalue weighted by Gasteiger charge is 2.34. The Morgan fingerprint density at radius 3 is 2.72 bits per heavy atom. The Balaban J connectivity index is 1.37. The van der Waals surface area contributed by atoms with E-state index in [4.69, 9.17) is 14.5 Å². The molecule has 2 aromatic heterocycles. The molecule has 0 amide bonds. The second-order valence-electron chi connectivity index (χ2n) is 9.38. The minimum atomic E-state index is -0.717. The van der Waals surface area contributed by atoms with Gasteiger partial charge >= 0.3 is 0 Å². The first-order valence-electron chi connectivity index (χ1n) is 12.0. The number of benzene rings is 1. The predicted molar refractivity (Wildman–Crippen MR) is 133 cm³/mol. The van der Waals surface area contributed by atoms with Gasteiger partial charge in [-0.3, -0.25) is 4.99 Å². The van der Waals surface area contributed by atoms with Crippen molar-refractivity contribution in [1.29, 1.82) is 0 Å². The first kappa shape index (κ1) is 24.3. The second kappa shape index (κ2) is 10.7. The fourth-order valence-corrected chi connectivity index (χ4v) is 4.05. The number of H-pyrrole nitrogens is 1. The smallest absolute Gasteiger partial charge is 0.223 e. The summed E-state index contributed by atoms with van der Waals surface area (Å²) in [4.78, 5) is 23.5. The molecule has 5 rings (SSSR count). The van der Waals surface area contributed by atoms with E-state index in [9.17, 15) is 9.50 Å². The number of aromatic nitrogens is 4. The van der Waals surface area contributed by atoms with Gasteiger partial charge in [0.15, 0.2) is 5.82 Å². The number of hydrogen-bond acceptors (Lipinski definition) is 9. The fourth-order valence-electron chi connectivity index (χ4n) is 4.05. The van der Waals surface area contributed by atoms with Crippen molar-refractivity contribution in [3.8, 4) is 22.6 Å². The molecule has 1 aromatic carbocycles. The SMILES string of the molecule is CC1(CO)COC(c2nc(-c3ccc(F)cc3)c(-c3ccnc(NCCCN4C=NCC4)n3)[nH]2)OC1. The number of rotatable bonds is 9. The van der Waals surface area contributed by atoms with Gasteiger partial charge in [0.2, 0.25) is 12.2 Å². The summed E-state index contributed by atoms with van der Waals surface area (Å²) >= 11 is 0. The Kier molecular flexibility index (Phi) is 7.21. The van der Waals surface area contributed by atoms with E-state index < -0.39 is 11.7 Å². The van der Waals surface area contributed by atoms with Crippen molar-refractivity contribution in [2.45, 2.75) is 19.6 Å². The van der Waals surface area contributed by atoms with Crippen molar-refractivity contribution in [2.75, 3.05) is 51.3 Å². The zero-order valence-electron chi connectivity index (χ0n) is 20.2. The van der Waals surface area contributed by atoms with E-state index in [2.05, 4.69) is 30.2 Å². The molecule has 0 radical (unpaired) electrons. The summed E-state index contributed by atoms with van der Waals surface area (Å²) in [5.41, 5.74) is 2.16. The zero-order chi connectivity index (χ0) is 25.0. The summed E-state index contributed by atoms with van der Waals surface area (Å²) in [6.45, 7) is 6.00. The van der Waals surface area contributed by atoms with Crippen LogP contribution in [0.15, 0.2) is 41.5 Å². The number of aromatic amines is 1. The van der Waals surface area contributed by atoms with E-state index >= 15 is 0 Å². The van der Waals surface area contributed by atoms with Crippen LogP contribution in [-0.2, 0) is 9.47 Å². The predicted octanol–water partition coefficient (Wildman–Crippen LogP) is 2.86. The maximum atomic E-state index is 13.6. The summed E-state index contributed by atoms with van der Waals surface area (Å²) < 4.78 is 25.3. The molecule has 3 N–H and O–H groups in total. The number of halogens is 1. The molecule has 0 saturated carbocycles. The normalized spacial score (nSPS) is 21.8. The average Bonchev–Trinajstić information content (AvgIpc) is 3.58. The second-order valence-corrected chi connectivity index (χ2v) is 9.38. The Bertz CT molecular complexity index is 1190. The number of aliphatic hydroxyl groups excluding tert-OH is 1. The first-order chi connectivity index (χ1) is 17.5. The van der Waals surface area contributed by atoms with Crippen molar-refractivity contribution in [3.05, 3.63) is 48.2 Å². The first-order valence-corrected chi connectivity index (χ1v) is 12.0. The van der Waals surface area contributed by atoms with Gasteiger partial charge in [-0.1, -0.05) is 6.92 Å². The molecule has 2 aliphatic rings. The third kappa shape index (κ3) is 5.53. The summed E-state index contributed by atoms with van der Waals surface area (Å²) in [5, 5.41) is 12.9. The molecule has 11 heteroatoms. The highest BCUT2D eigenvalue weighted by molar-refractivity contribution is 5.77. The summed E-state index contributed by atoms with van der Waals surface area (Å²) in [5.74, 6) is 0.657. The van der Waals surface area contributed by atoms with Crippen LogP contribution in [0.5, 0.6) is 0 Å². The number of anilines is 1. The van der Waals surface area contributed by atoms with Gasteiger partial charge in [0, 0.05) is 36.8 Å². The molecule has 36 heavy (non-hydrogen) atoms. The number of nitrogens with zero attached hydrogens (tertiary/aromatic N) is 5. The molecule has 0 spiro atoms. The minimum Gasteiger partial charge on any atom is -0.396 e. The number of ether oxygens (including phenoxy) is 2. The van der Waals surface area contributed by atoms with E-state index in [0.29, 0.717) is 42.1 Å². The Morgan fingerprint density at radius 1 is 1.19 bits per heavy atom. The number of hydrogen-bond donors (Lipinski definition) is 3. The molecular weight excluding hydrogens is 465 g/mol. The molecule has 10 nitrogen and oxygen atoms in total. The maximum Gasteiger partial charge on any atom is 0.223 e. The van der Waals surface area contributed by atoms with Crippen LogP contribution in [0.1, 0.15) is 25.5 Å². The lowest BCUT2D eigenvalue weighted by Gasteiger charge is -2.35. The van der Waals surface area contributed by atoms with Crippen LogP contribution in [0.4, 0.5) is 10.3 Å². The lowest BCUT2D eigenvalue weighted by atomic mass is 9.94. The van der Waals surface area contributed by atoms with Crippen molar-refractivity contribution in [1.82, 2.24) is 24.8 Å². The number of nitrogens with one attached hydrogen (secondary N) is 2. The highest BCUT2D eigenvalue weighted by Crippen LogP contribution is 2.35. The molecule has 1 saturated heterocycles. The molecule has 3 aromatic rings. The maximum absolute atomic E-state index is 13.6. The van der Waals surface area contributed by atoms with Crippen molar-refractivity contribution in [2.24, 2.45) is 10.4 Å². The molecule has 0 unspecified atom stereocenters. The number of imidazole rings is 1. The molecule has 0 aliphatic carbocycles. The standard InChI is InChI=1S/C25H30FN7O3/c1-25(13-34)14-35-23(36-15-25)22-31-20(17-3-5-18(26)6-4-17)21(32-22)19-7-9-29-24(30-19)28-8-2-11-33-12-10-27-16-33/h3-7,9,16,23,34H,2,8,10-15H2,1H3,(H,31,32)(H,28,29,30). The van der Waals surface area contributed by atoms with Crippen LogP contribution in [0.25, 0.3) is 22.6 Å². The zero-order valence-corrected chi connectivity index (χ0v) is 20.2. The van der Waals surface area contributed by atoms with Gasteiger partial charge in [-0.05, 0) is 36.8 Å². The Morgan fingerprint density at radius 2 is 2.00 bits per heavy atom. The molecule has 1 fully saturated rings. The van der Waals surface area contributed by atoms with Gasteiger partial charge < -0.3 is 29.8 Å². The molecular formula is C25H30FN7O3. The van der Waals surface area contributed by atoms with Crippen molar-refractivity contribution >= 4 is 12.3 Å². The molecule has 2 aliphatic heterocycles. The largest absolute Gasteiger partial charge is 0.396 e. The Hall–Kier alpha value is -3.41. The number of aliphatic imine (C=N–C) groups is 1. The van der Waals surface area contributed by atoms with Crippen LogP contribution in [0.2, 0.25) is 0 Å². The van der Waals surface area contributed by atoms with E-state index in [-0.39, 0.29) is 12.4 Å². The molecule has 4 heterocycles. The topological polar surface area (TPSA) is 121 Å². The molecule has 0 bridgehead atoms. The van der Waals surface area contributed by atoms with Gasteiger partial charge in [-0.15, -0.1) is 0 Å². The monoisotopic (exact) mass is 495 g/mol. The van der Waals surface area contributed by atoms with Crippen LogP contribution in [0.3, 0.4) is 0 Å². The minimum absolute atomic E-state index is 0.0354. The van der Waals surface area contributed by atoms with Gasteiger partial charge in [0.25, 0.3) is 0 Å². The lowest BCUT2D eigenvalue weighted by molar-refractivity contribution is -0.239. The van der Waals surface area contributed by atoms with Crippen LogP contribution in [0, 0.1) is 11.2 Å². The average molecular weight is 496 g/mol. The van der Waals surface area contributed by atoms with E-state index in [0.717, 1.165) is 38.2 Å².